The molecule has 175 valence electrons. The zero-order valence-corrected chi connectivity index (χ0v) is 18.7. The Morgan fingerprint density at radius 1 is 1.00 bits per heavy atom. The average molecular weight is 466 g/mol. The lowest BCUT2D eigenvalue weighted by molar-refractivity contribution is -0.137. The molecule has 0 amide bonds. The summed E-state index contributed by atoms with van der Waals surface area (Å²) in [5.74, 6) is 1.14. The Labute approximate surface area is 195 Å². The Morgan fingerprint density at radius 2 is 1.79 bits per heavy atom. The minimum Gasteiger partial charge on any atom is -0.373 e. The van der Waals surface area contributed by atoms with Gasteiger partial charge in [0.2, 0.25) is 0 Å². The first-order valence-corrected chi connectivity index (χ1v) is 10.7. The van der Waals surface area contributed by atoms with Gasteiger partial charge in [-0.1, -0.05) is 32.0 Å². The van der Waals surface area contributed by atoms with Gasteiger partial charge in [-0.05, 0) is 48.7 Å². The van der Waals surface area contributed by atoms with Crippen LogP contribution in [0.4, 0.5) is 24.7 Å². The standard InChI is InChI=1S/C25H23F3N5O/c1-15(2)13-34-14-21-32-23(30-19-9-5-4-7-16(19)3)17-10-11-20(31-24(17)33-21)22-18(25(26,27)28)8-6-12-29-22/h4-12,15H,3,13-14H2,1-2H3,(H,30,31,32,33). The summed E-state index contributed by atoms with van der Waals surface area (Å²) in [7, 11) is 0. The molecular formula is C25H23F3N5O. The van der Waals surface area contributed by atoms with E-state index in [9.17, 15) is 13.2 Å². The average Bonchev–Trinajstić information content (AvgIpc) is 2.79. The van der Waals surface area contributed by atoms with Gasteiger partial charge in [0.05, 0.1) is 16.6 Å². The van der Waals surface area contributed by atoms with Crippen molar-refractivity contribution >= 4 is 22.5 Å². The summed E-state index contributed by atoms with van der Waals surface area (Å²) in [5, 5.41) is 3.79. The molecule has 0 unspecified atom stereocenters. The van der Waals surface area contributed by atoms with Gasteiger partial charge in [0.25, 0.3) is 0 Å². The Kier molecular flexibility index (Phi) is 6.74. The van der Waals surface area contributed by atoms with Gasteiger partial charge in [-0.25, -0.2) is 15.0 Å². The predicted octanol–water partition coefficient (Wildman–Crippen LogP) is 6.20. The summed E-state index contributed by atoms with van der Waals surface area (Å²) in [6, 6.07) is 12.8. The summed E-state index contributed by atoms with van der Waals surface area (Å²) < 4.78 is 46.3. The largest absolute Gasteiger partial charge is 0.418 e. The van der Waals surface area contributed by atoms with Gasteiger partial charge >= 0.3 is 6.18 Å². The van der Waals surface area contributed by atoms with Crippen molar-refractivity contribution in [1.82, 2.24) is 19.9 Å². The Morgan fingerprint density at radius 3 is 2.53 bits per heavy atom. The second kappa shape index (κ2) is 9.72. The number of nitrogens with one attached hydrogen (secondary N) is 1. The molecule has 34 heavy (non-hydrogen) atoms. The smallest absolute Gasteiger partial charge is 0.373 e. The number of halogens is 3. The molecule has 0 fully saturated rings. The van der Waals surface area contributed by atoms with Crippen molar-refractivity contribution in [3.63, 3.8) is 0 Å². The number of nitrogens with zero attached hydrogens (tertiary/aromatic N) is 4. The number of fused-ring (bicyclic) bond motifs is 1. The number of rotatable bonds is 7. The van der Waals surface area contributed by atoms with Crippen LogP contribution in [-0.4, -0.2) is 26.5 Å². The third-order valence-electron chi connectivity index (χ3n) is 4.91. The lowest BCUT2D eigenvalue weighted by Gasteiger charge is -2.14. The van der Waals surface area contributed by atoms with Gasteiger partial charge in [0.15, 0.2) is 11.5 Å². The summed E-state index contributed by atoms with van der Waals surface area (Å²) in [5.41, 5.74) is 0.686. The van der Waals surface area contributed by atoms with Gasteiger partial charge < -0.3 is 10.1 Å². The highest BCUT2D eigenvalue weighted by Crippen LogP contribution is 2.36. The summed E-state index contributed by atoms with van der Waals surface area (Å²) >= 11 is 0. The van der Waals surface area contributed by atoms with Crippen molar-refractivity contribution in [2.24, 2.45) is 5.92 Å². The number of pyridine rings is 2. The topological polar surface area (TPSA) is 72.8 Å². The third-order valence-corrected chi connectivity index (χ3v) is 4.91. The molecular weight excluding hydrogens is 443 g/mol. The van der Waals surface area contributed by atoms with Crippen LogP contribution in [0.15, 0.2) is 54.7 Å². The Hall–Kier alpha value is -3.59. The molecule has 0 bridgehead atoms. The van der Waals surface area contributed by atoms with E-state index in [1.807, 2.05) is 38.1 Å². The van der Waals surface area contributed by atoms with Crippen molar-refractivity contribution in [1.29, 1.82) is 0 Å². The minimum absolute atomic E-state index is 0.0664. The first-order chi connectivity index (χ1) is 16.2. The van der Waals surface area contributed by atoms with E-state index < -0.39 is 11.7 Å². The summed E-state index contributed by atoms with van der Waals surface area (Å²) in [6.45, 7) is 8.72. The number of ether oxygens (including phenoxy) is 1. The van der Waals surface area contributed by atoms with Crippen molar-refractivity contribution in [3.05, 3.63) is 78.6 Å². The molecule has 0 saturated carbocycles. The van der Waals surface area contributed by atoms with Crippen molar-refractivity contribution in [2.75, 3.05) is 11.9 Å². The van der Waals surface area contributed by atoms with Gasteiger partial charge in [0, 0.05) is 18.5 Å². The highest BCUT2D eigenvalue weighted by atomic mass is 19.4. The van der Waals surface area contributed by atoms with E-state index in [4.69, 9.17) is 4.74 Å². The molecule has 1 aromatic carbocycles. The van der Waals surface area contributed by atoms with Gasteiger partial charge in [-0.2, -0.15) is 13.2 Å². The van der Waals surface area contributed by atoms with E-state index in [1.165, 1.54) is 18.3 Å². The first-order valence-electron chi connectivity index (χ1n) is 10.7. The number of hydrogen-bond acceptors (Lipinski definition) is 6. The van der Waals surface area contributed by atoms with Gasteiger partial charge in [-0.15, -0.1) is 0 Å². The molecule has 6 nitrogen and oxygen atoms in total. The molecule has 0 atom stereocenters. The molecule has 3 heterocycles. The molecule has 0 aliphatic rings. The molecule has 3 aromatic heterocycles. The Bertz CT molecular complexity index is 1310. The number of alkyl halides is 3. The lowest BCUT2D eigenvalue weighted by Crippen LogP contribution is -2.10. The number of anilines is 2. The van der Waals surface area contributed by atoms with Crippen LogP contribution in [0.5, 0.6) is 0 Å². The molecule has 0 spiro atoms. The monoisotopic (exact) mass is 466 g/mol. The summed E-state index contributed by atoms with van der Waals surface area (Å²) in [6.07, 6.45) is -3.26. The molecule has 0 saturated heterocycles. The van der Waals surface area contributed by atoms with E-state index in [0.29, 0.717) is 29.6 Å². The van der Waals surface area contributed by atoms with E-state index in [2.05, 4.69) is 32.2 Å². The van der Waals surface area contributed by atoms with Crippen molar-refractivity contribution < 1.29 is 17.9 Å². The van der Waals surface area contributed by atoms with Crippen LogP contribution in [0.25, 0.3) is 22.4 Å². The van der Waals surface area contributed by atoms with Crippen LogP contribution in [0.1, 0.15) is 30.8 Å². The number of para-hydroxylation sites is 1. The lowest BCUT2D eigenvalue weighted by atomic mass is 10.1. The molecule has 4 aromatic rings. The van der Waals surface area contributed by atoms with Gasteiger partial charge in [0.1, 0.15) is 18.1 Å². The minimum atomic E-state index is -4.56. The fourth-order valence-electron chi connectivity index (χ4n) is 3.34. The van der Waals surface area contributed by atoms with Crippen LogP contribution < -0.4 is 5.32 Å². The van der Waals surface area contributed by atoms with Crippen LogP contribution in [0, 0.1) is 12.8 Å². The van der Waals surface area contributed by atoms with Crippen LogP contribution in [0.3, 0.4) is 0 Å². The zero-order valence-electron chi connectivity index (χ0n) is 18.7. The number of benzene rings is 1. The van der Waals surface area contributed by atoms with Crippen molar-refractivity contribution in [2.45, 2.75) is 26.6 Å². The van der Waals surface area contributed by atoms with E-state index >= 15 is 0 Å². The van der Waals surface area contributed by atoms with Crippen LogP contribution >= 0.6 is 0 Å². The number of hydrogen-bond donors (Lipinski definition) is 1. The Balaban J connectivity index is 1.81. The normalized spacial score (nSPS) is 11.9. The van der Waals surface area contributed by atoms with E-state index in [1.54, 1.807) is 6.07 Å². The molecule has 0 aliphatic carbocycles. The fraction of sp³-hybridized carbons (Fsp3) is 0.240. The fourth-order valence-corrected chi connectivity index (χ4v) is 3.34. The summed E-state index contributed by atoms with van der Waals surface area (Å²) in [4.78, 5) is 17.4. The highest BCUT2D eigenvalue weighted by molar-refractivity contribution is 5.90. The van der Waals surface area contributed by atoms with E-state index in [-0.39, 0.29) is 23.6 Å². The predicted molar refractivity (Wildman–Crippen MR) is 124 cm³/mol. The maximum absolute atomic E-state index is 13.5. The zero-order chi connectivity index (χ0) is 24.3. The molecule has 9 heteroatoms. The van der Waals surface area contributed by atoms with Crippen LogP contribution in [0.2, 0.25) is 0 Å². The van der Waals surface area contributed by atoms with Crippen molar-refractivity contribution in [3.8, 4) is 11.4 Å². The van der Waals surface area contributed by atoms with Crippen LogP contribution in [-0.2, 0) is 17.5 Å². The SMILES string of the molecule is [CH2]c1ccccc1Nc1nc(COCC(C)C)nc2nc(-c3ncccc3C(F)(F)F)ccc12. The second-order valence-corrected chi connectivity index (χ2v) is 8.14. The molecule has 0 aliphatic heterocycles. The maximum atomic E-state index is 13.5. The quantitative estimate of drug-likeness (QED) is 0.349. The third kappa shape index (κ3) is 5.31. The maximum Gasteiger partial charge on any atom is 0.418 e. The molecule has 1 N–H and O–H groups in total. The van der Waals surface area contributed by atoms with Gasteiger partial charge in [-0.3, -0.25) is 4.98 Å². The number of aromatic nitrogens is 4. The second-order valence-electron chi connectivity index (χ2n) is 8.14. The first kappa shape index (κ1) is 23.6. The molecule has 4 rings (SSSR count). The van der Waals surface area contributed by atoms with E-state index in [0.717, 1.165) is 17.3 Å². The molecule has 1 radical (unpaired) electrons. The highest BCUT2D eigenvalue weighted by Gasteiger charge is 2.34.